The normalized spacial score (nSPS) is 17.6. The molecule has 2 aromatic rings. The van der Waals surface area contributed by atoms with Gasteiger partial charge in [-0.05, 0) is 29.3 Å². The van der Waals surface area contributed by atoms with Crippen LogP contribution in [0.5, 0.6) is 0 Å². The number of hydrogen-bond acceptors (Lipinski definition) is 2. The molecule has 4 nitrogen and oxygen atoms in total. The first-order chi connectivity index (χ1) is 11.1. The van der Waals surface area contributed by atoms with Crippen LogP contribution in [-0.2, 0) is 6.54 Å². The SMILES string of the molecule is O=[N+]([O-])c1cccc(C[NH+]2CC=C(c3ccc(F)cc3)CC2)c1. The van der Waals surface area contributed by atoms with Crippen LogP contribution in [0.1, 0.15) is 17.5 Å². The molecule has 0 aromatic heterocycles. The van der Waals surface area contributed by atoms with Crippen molar-refractivity contribution in [3.8, 4) is 0 Å². The van der Waals surface area contributed by atoms with Gasteiger partial charge < -0.3 is 4.90 Å². The summed E-state index contributed by atoms with van der Waals surface area (Å²) < 4.78 is 13.0. The lowest BCUT2D eigenvalue weighted by atomic mass is 9.99. The van der Waals surface area contributed by atoms with E-state index in [0.717, 1.165) is 37.2 Å². The van der Waals surface area contributed by atoms with Crippen LogP contribution in [-0.4, -0.2) is 18.0 Å². The van der Waals surface area contributed by atoms with Crippen molar-refractivity contribution in [3.63, 3.8) is 0 Å². The molecule has 1 N–H and O–H groups in total. The van der Waals surface area contributed by atoms with Crippen molar-refractivity contribution in [1.82, 2.24) is 0 Å². The van der Waals surface area contributed by atoms with Crippen LogP contribution < -0.4 is 4.90 Å². The molecule has 1 aliphatic rings. The molecule has 0 saturated carbocycles. The Hall–Kier alpha value is -2.53. The maximum atomic E-state index is 13.0. The largest absolute Gasteiger partial charge is 0.328 e. The Morgan fingerprint density at radius 1 is 1.17 bits per heavy atom. The smallest absolute Gasteiger partial charge is 0.269 e. The molecule has 0 fully saturated rings. The highest BCUT2D eigenvalue weighted by molar-refractivity contribution is 5.65. The van der Waals surface area contributed by atoms with Crippen molar-refractivity contribution < 1.29 is 14.2 Å². The molecule has 23 heavy (non-hydrogen) atoms. The molecule has 0 radical (unpaired) electrons. The van der Waals surface area contributed by atoms with Gasteiger partial charge in [-0.1, -0.05) is 24.3 Å². The van der Waals surface area contributed by atoms with Crippen molar-refractivity contribution in [1.29, 1.82) is 0 Å². The Labute approximate surface area is 134 Å². The number of nitro groups is 1. The zero-order valence-electron chi connectivity index (χ0n) is 12.7. The van der Waals surface area contributed by atoms with E-state index in [2.05, 4.69) is 6.08 Å². The summed E-state index contributed by atoms with van der Waals surface area (Å²) >= 11 is 0. The second-order valence-corrected chi connectivity index (χ2v) is 5.79. The number of halogens is 1. The summed E-state index contributed by atoms with van der Waals surface area (Å²) in [7, 11) is 0. The van der Waals surface area contributed by atoms with E-state index in [4.69, 9.17) is 0 Å². The summed E-state index contributed by atoms with van der Waals surface area (Å²) in [5, 5.41) is 10.8. The first-order valence-corrected chi connectivity index (χ1v) is 7.64. The molecule has 3 rings (SSSR count). The Morgan fingerprint density at radius 3 is 2.61 bits per heavy atom. The molecule has 1 aliphatic heterocycles. The standard InChI is InChI=1S/C18H17FN2O2/c19-17-6-4-15(5-7-17)16-8-10-20(11-9-16)13-14-2-1-3-18(12-14)21(22)23/h1-8,12H,9-11,13H2/p+1. The van der Waals surface area contributed by atoms with Gasteiger partial charge in [0.05, 0.1) is 18.0 Å². The number of benzene rings is 2. The summed E-state index contributed by atoms with van der Waals surface area (Å²) in [6.07, 6.45) is 3.11. The summed E-state index contributed by atoms with van der Waals surface area (Å²) in [6.45, 7) is 2.61. The van der Waals surface area contributed by atoms with Crippen molar-refractivity contribution in [2.24, 2.45) is 0 Å². The van der Waals surface area contributed by atoms with Gasteiger partial charge in [-0.2, -0.15) is 0 Å². The second kappa shape index (κ2) is 6.71. The van der Waals surface area contributed by atoms with Crippen molar-refractivity contribution in [2.45, 2.75) is 13.0 Å². The number of nitrogens with one attached hydrogen (secondary N) is 1. The van der Waals surface area contributed by atoms with Gasteiger partial charge >= 0.3 is 0 Å². The lowest BCUT2D eigenvalue weighted by molar-refractivity contribution is -0.908. The van der Waals surface area contributed by atoms with Gasteiger partial charge in [0.25, 0.3) is 5.69 Å². The fraction of sp³-hybridized carbons (Fsp3) is 0.222. The van der Waals surface area contributed by atoms with E-state index >= 15 is 0 Å². The minimum absolute atomic E-state index is 0.140. The van der Waals surface area contributed by atoms with Gasteiger partial charge in [-0.25, -0.2) is 4.39 Å². The van der Waals surface area contributed by atoms with Gasteiger partial charge in [0.2, 0.25) is 0 Å². The molecular weight excluding hydrogens is 295 g/mol. The average molecular weight is 313 g/mol. The van der Waals surface area contributed by atoms with Crippen molar-refractivity contribution >= 4 is 11.3 Å². The molecule has 5 heteroatoms. The molecule has 118 valence electrons. The monoisotopic (exact) mass is 313 g/mol. The van der Waals surface area contributed by atoms with Gasteiger partial charge in [0.15, 0.2) is 0 Å². The predicted molar refractivity (Wildman–Crippen MR) is 86.5 cm³/mol. The quantitative estimate of drug-likeness (QED) is 0.697. The number of quaternary nitrogens is 1. The van der Waals surface area contributed by atoms with Crippen LogP contribution in [0, 0.1) is 15.9 Å². The van der Waals surface area contributed by atoms with E-state index in [0.29, 0.717) is 0 Å². The molecule has 1 unspecified atom stereocenters. The van der Waals surface area contributed by atoms with Crippen LogP contribution >= 0.6 is 0 Å². The molecule has 1 heterocycles. The van der Waals surface area contributed by atoms with Gasteiger partial charge in [0, 0.05) is 24.1 Å². The van der Waals surface area contributed by atoms with Gasteiger partial charge in [0.1, 0.15) is 12.4 Å². The first-order valence-electron chi connectivity index (χ1n) is 7.64. The minimum atomic E-state index is -0.360. The third-order valence-corrected chi connectivity index (χ3v) is 4.18. The molecular formula is C18H18FN2O2+. The summed E-state index contributed by atoms with van der Waals surface area (Å²) in [4.78, 5) is 11.8. The van der Waals surface area contributed by atoms with Gasteiger partial charge in [-0.15, -0.1) is 0 Å². The van der Waals surface area contributed by atoms with E-state index in [1.165, 1.54) is 28.7 Å². The predicted octanol–water partition coefficient (Wildman–Crippen LogP) is 2.61. The van der Waals surface area contributed by atoms with Crippen LogP contribution in [0.25, 0.3) is 5.57 Å². The molecule has 1 atom stereocenters. The zero-order chi connectivity index (χ0) is 16.2. The molecule has 0 saturated heterocycles. The highest BCUT2D eigenvalue weighted by Crippen LogP contribution is 2.19. The van der Waals surface area contributed by atoms with Crippen LogP contribution in [0.15, 0.2) is 54.6 Å². The highest BCUT2D eigenvalue weighted by atomic mass is 19.1. The zero-order valence-corrected chi connectivity index (χ0v) is 12.7. The third-order valence-electron chi connectivity index (χ3n) is 4.18. The molecule has 0 aliphatic carbocycles. The lowest BCUT2D eigenvalue weighted by Crippen LogP contribution is -3.11. The lowest BCUT2D eigenvalue weighted by Gasteiger charge is -2.23. The Morgan fingerprint density at radius 2 is 1.96 bits per heavy atom. The number of hydrogen-bond donors (Lipinski definition) is 1. The summed E-state index contributed by atoms with van der Waals surface area (Å²) in [6, 6.07) is 13.4. The van der Waals surface area contributed by atoms with E-state index in [9.17, 15) is 14.5 Å². The molecule has 0 amide bonds. The maximum absolute atomic E-state index is 13.0. The topological polar surface area (TPSA) is 47.6 Å². The van der Waals surface area contributed by atoms with E-state index in [1.54, 1.807) is 12.1 Å². The maximum Gasteiger partial charge on any atom is 0.269 e. The number of nitro benzene ring substituents is 1. The summed E-state index contributed by atoms with van der Waals surface area (Å²) in [5.74, 6) is -0.219. The van der Waals surface area contributed by atoms with E-state index in [1.807, 2.05) is 18.2 Å². The van der Waals surface area contributed by atoms with Crippen LogP contribution in [0.3, 0.4) is 0 Å². The van der Waals surface area contributed by atoms with Crippen LogP contribution in [0.4, 0.5) is 10.1 Å². The highest BCUT2D eigenvalue weighted by Gasteiger charge is 2.17. The summed E-state index contributed by atoms with van der Waals surface area (Å²) in [5.41, 5.74) is 3.43. The van der Waals surface area contributed by atoms with Crippen molar-refractivity contribution in [3.05, 3.63) is 81.7 Å². The van der Waals surface area contributed by atoms with E-state index < -0.39 is 0 Å². The Balaban J connectivity index is 1.65. The number of rotatable bonds is 4. The second-order valence-electron chi connectivity index (χ2n) is 5.79. The average Bonchev–Trinajstić information content (AvgIpc) is 2.57. The van der Waals surface area contributed by atoms with Crippen molar-refractivity contribution in [2.75, 3.05) is 13.1 Å². The molecule has 0 spiro atoms. The van der Waals surface area contributed by atoms with E-state index in [-0.39, 0.29) is 16.4 Å². The first kappa shape index (κ1) is 15.4. The molecule has 2 aromatic carbocycles. The fourth-order valence-corrected chi connectivity index (χ4v) is 2.94. The van der Waals surface area contributed by atoms with Gasteiger partial charge in [-0.3, -0.25) is 10.1 Å². The minimum Gasteiger partial charge on any atom is -0.328 e. The van der Waals surface area contributed by atoms with Crippen LogP contribution in [0.2, 0.25) is 0 Å². The molecule has 0 bridgehead atoms. The fourth-order valence-electron chi connectivity index (χ4n) is 2.94. The Kier molecular flexibility index (Phi) is 4.48. The third kappa shape index (κ3) is 3.81. The number of non-ortho nitro benzene ring substituents is 1. The Bertz CT molecular complexity index is 741. The number of nitrogens with zero attached hydrogens (tertiary/aromatic N) is 1.